The lowest BCUT2D eigenvalue weighted by Crippen LogP contribution is -2.20. The minimum atomic E-state index is -0.709. The fourth-order valence-electron chi connectivity index (χ4n) is 1.95. The molecule has 0 aromatic heterocycles. The van der Waals surface area contributed by atoms with E-state index in [2.05, 4.69) is 6.58 Å². The standard InChI is InChI=1S/C19H22O3/c1-16(12-21-13-17-8-4-2-5-9-17)19(20)15-22-14-18-10-6-3-7-11-18/h2-11,19-20H,1,12-15H2. The Balaban J connectivity index is 1.62. The maximum atomic E-state index is 9.99. The van der Waals surface area contributed by atoms with Gasteiger partial charge >= 0.3 is 0 Å². The maximum absolute atomic E-state index is 9.99. The lowest BCUT2D eigenvalue weighted by atomic mass is 10.2. The normalized spacial score (nSPS) is 12.0. The summed E-state index contributed by atoms with van der Waals surface area (Å²) in [7, 11) is 0. The largest absolute Gasteiger partial charge is 0.386 e. The zero-order chi connectivity index (χ0) is 15.6. The number of rotatable bonds is 9. The molecule has 0 heterocycles. The first kappa shape index (κ1) is 16.4. The first-order valence-electron chi connectivity index (χ1n) is 7.35. The van der Waals surface area contributed by atoms with E-state index in [0.717, 1.165) is 11.1 Å². The average Bonchev–Trinajstić information content (AvgIpc) is 2.56. The molecule has 0 aliphatic heterocycles. The van der Waals surface area contributed by atoms with Gasteiger partial charge in [0.2, 0.25) is 0 Å². The van der Waals surface area contributed by atoms with Crippen LogP contribution in [0, 0.1) is 0 Å². The van der Waals surface area contributed by atoms with Gasteiger partial charge in [0.15, 0.2) is 0 Å². The van der Waals surface area contributed by atoms with E-state index in [0.29, 0.717) is 25.4 Å². The van der Waals surface area contributed by atoms with Crippen LogP contribution in [-0.4, -0.2) is 24.4 Å². The molecule has 1 atom stereocenters. The Labute approximate surface area is 131 Å². The summed E-state index contributed by atoms with van der Waals surface area (Å²) in [6, 6.07) is 19.8. The Kier molecular flexibility index (Phi) is 6.84. The van der Waals surface area contributed by atoms with E-state index in [1.165, 1.54) is 0 Å². The van der Waals surface area contributed by atoms with E-state index in [9.17, 15) is 5.11 Å². The molecular weight excluding hydrogens is 276 g/mol. The number of hydrogen-bond acceptors (Lipinski definition) is 3. The van der Waals surface area contributed by atoms with E-state index < -0.39 is 6.10 Å². The van der Waals surface area contributed by atoms with Gasteiger partial charge in [0, 0.05) is 0 Å². The monoisotopic (exact) mass is 298 g/mol. The molecule has 0 amide bonds. The van der Waals surface area contributed by atoms with E-state index in [1.807, 2.05) is 60.7 Å². The van der Waals surface area contributed by atoms with Crippen molar-refractivity contribution in [2.24, 2.45) is 0 Å². The van der Waals surface area contributed by atoms with E-state index >= 15 is 0 Å². The van der Waals surface area contributed by atoms with Crippen LogP contribution in [0.5, 0.6) is 0 Å². The third-order valence-electron chi connectivity index (χ3n) is 3.26. The molecule has 22 heavy (non-hydrogen) atoms. The minimum absolute atomic E-state index is 0.225. The zero-order valence-corrected chi connectivity index (χ0v) is 12.7. The first-order valence-corrected chi connectivity index (χ1v) is 7.35. The van der Waals surface area contributed by atoms with Crippen LogP contribution in [0.1, 0.15) is 11.1 Å². The average molecular weight is 298 g/mol. The number of ether oxygens (including phenoxy) is 2. The summed E-state index contributed by atoms with van der Waals surface area (Å²) in [5.74, 6) is 0. The molecule has 3 nitrogen and oxygen atoms in total. The van der Waals surface area contributed by atoms with Gasteiger partial charge in [-0.3, -0.25) is 0 Å². The summed E-state index contributed by atoms with van der Waals surface area (Å²) < 4.78 is 11.1. The summed E-state index contributed by atoms with van der Waals surface area (Å²) in [4.78, 5) is 0. The van der Waals surface area contributed by atoms with Crippen molar-refractivity contribution in [3.63, 3.8) is 0 Å². The van der Waals surface area contributed by atoms with E-state index in [4.69, 9.17) is 9.47 Å². The third kappa shape index (κ3) is 5.82. The first-order chi connectivity index (χ1) is 10.8. The second-order valence-electron chi connectivity index (χ2n) is 5.15. The lowest BCUT2D eigenvalue weighted by molar-refractivity contribution is 0.0345. The zero-order valence-electron chi connectivity index (χ0n) is 12.7. The molecule has 3 heteroatoms. The third-order valence-corrected chi connectivity index (χ3v) is 3.26. The minimum Gasteiger partial charge on any atom is -0.386 e. The van der Waals surface area contributed by atoms with Crippen molar-refractivity contribution < 1.29 is 14.6 Å². The molecule has 2 aromatic carbocycles. The van der Waals surface area contributed by atoms with Crippen LogP contribution in [0.3, 0.4) is 0 Å². The second-order valence-corrected chi connectivity index (χ2v) is 5.15. The summed E-state index contributed by atoms with van der Waals surface area (Å²) in [6.45, 7) is 5.40. The van der Waals surface area contributed by atoms with Crippen molar-refractivity contribution in [2.75, 3.05) is 13.2 Å². The molecule has 0 bridgehead atoms. The number of aliphatic hydroxyl groups excluding tert-OH is 1. The molecule has 2 rings (SSSR count). The fourth-order valence-corrected chi connectivity index (χ4v) is 1.95. The highest BCUT2D eigenvalue weighted by atomic mass is 16.5. The molecule has 2 aromatic rings. The van der Waals surface area contributed by atoms with Gasteiger partial charge in [-0.15, -0.1) is 0 Å². The number of hydrogen-bond donors (Lipinski definition) is 1. The lowest BCUT2D eigenvalue weighted by Gasteiger charge is -2.14. The van der Waals surface area contributed by atoms with Gasteiger partial charge in [-0.05, 0) is 16.7 Å². The van der Waals surface area contributed by atoms with Crippen molar-refractivity contribution in [2.45, 2.75) is 19.3 Å². The van der Waals surface area contributed by atoms with Crippen molar-refractivity contribution in [1.82, 2.24) is 0 Å². The summed E-state index contributed by atoms with van der Waals surface area (Å²) in [5, 5.41) is 9.99. The Morgan fingerprint density at radius 2 is 1.36 bits per heavy atom. The van der Waals surface area contributed by atoms with Crippen molar-refractivity contribution in [3.8, 4) is 0 Å². The summed E-state index contributed by atoms with van der Waals surface area (Å²) in [6.07, 6.45) is -0.709. The van der Waals surface area contributed by atoms with Crippen molar-refractivity contribution in [1.29, 1.82) is 0 Å². The molecule has 1 N–H and O–H groups in total. The molecule has 0 saturated heterocycles. The van der Waals surface area contributed by atoms with Crippen LogP contribution in [0.2, 0.25) is 0 Å². The van der Waals surface area contributed by atoms with Crippen LogP contribution in [0.25, 0.3) is 0 Å². The van der Waals surface area contributed by atoms with E-state index in [1.54, 1.807) is 0 Å². The van der Waals surface area contributed by atoms with Crippen LogP contribution < -0.4 is 0 Å². The quantitative estimate of drug-likeness (QED) is 0.722. The van der Waals surface area contributed by atoms with Crippen molar-refractivity contribution in [3.05, 3.63) is 83.9 Å². The number of aliphatic hydroxyl groups is 1. The highest BCUT2D eigenvalue weighted by Crippen LogP contribution is 2.07. The van der Waals surface area contributed by atoms with Crippen LogP contribution in [0.15, 0.2) is 72.8 Å². The Morgan fingerprint density at radius 1 is 0.864 bits per heavy atom. The van der Waals surface area contributed by atoms with Gasteiger partial charge in [-0.25, -0.2) is 0 Å². The SMILES string of the molecule is C=C(COCc1ccccc1)C(O)COCc1ccccc1. The highest BCUT2D eigenvalue weighted by molar-refractivity contribution is 5.14. The van der Waals surface area contributed by atoms with Gasteiger partial charge in [0.1, 0.15) is 6.10 Å². The second kappa shape index (κ2) is 9.15. The Bertz CT molecular complexity index is 551. The predicted octanol–water partition coefficient (Wildman–Crippen LogP) is 3.34. The highest BCUT2D eigenvalue weighted by Gasteiger charge is 2.09. The Morgan fingerprint density at radius 3 is 1.91 bits per heavy atom. The molecule has 0 aliphatic carbocycles. The van der Waals surface area contributed by atoms with Gasteiger partial charge in [-0.2, -0.15) is 0 Å². The van der Waals surface area contributed by atoms with Crippen molar-refractivity contribution >= 4 is 0 Å². The summed E-state index contributed by atoms with van der Waals surface area (Å²) in [5.41, 5.74) is 2.81. The molecule has 0 saturated carbocycles. The maximum Gasteiger partial charge on any atom is 0.100 e. The predicted molar refractivity (Wildman–Crippen MR) is 87.3 cm³/mol. The summed E-state index contributed by atoms with van der Waals surface area (Å²) >= 11 is 0. The smallest absolute Gasteiger partial charge is 0.100 e. The molecule has 0 spiro atoms. The topological polar surface area (TPSA) is 38.7 Å². The Hall–Kier alpha value is -1.94. The molecule has 116 valence electrons. The van der Waals surface area contributed by atoms with Crippen LogP contribution in [0.4, 0.5) is 0 Å². The van der Waals surface area contributed by atoms with Gasteiger partial charge in [0.25, 0.3) is 0 Å². The molecule has 0 fully saturated rings. The van der Waals surface area contributed by atoms with Gasteiger partial charge < -0.3 is 14.6 Å². The molecule has 0 aliphatic rings. The number of benzene rings is 2. The van der Waals surface area contributed by atoms with E-state index in [-0.39, 0.29) is 6.61 Å². The van der Waals surface area contributed by atoms with Gasteiger partial charge in [0.05, 0.1) is 26.4 Å². The van der Waals surface area contributed by atoms with Crippen LogP contribution in [-0.2, 0) is 22.7 Å². The van der Waals surface area contributed by atoms with Crippen LogP contribution >= 0.6 is 0 Å². The molecular formula is C19H22O3. The molecule has 1 unspecified atom stereocenters. The molecule has 0 radical (unpaired) electrons. The fraction of sp³-hybridized carbons (Fsp3) is 0.263. The van der Waals surface area contributed by atoms with Gasteiger partial charge in [-0.1, -0.05) is 67.2 Å².